The lowest BCUT2D eigenvalue weighted by Crippen LogP contribution is -2.02. The molecule has 0 radical (unpaired) electrons. The van der Waals surface area contributed by atoms with Gasteiger partial charge in [-0.15, -0.1) is 16.4 Å². The maximum absolute atomic E-state index is 10.4. The standard InChI is InChI=1S/C16H15N3OS2/c1-10(2)19-15(20)13(22-16(19)21)8-12-9-17-18-14(12)11-6-4-3-5-7-11/h3-10,20H,1-2H3. The van der Waals surface area contributed by atoms with Crippen LogP contribution in [0.5, 0.6) is 5.88 Å². The van der Waals surface area contributed by atoms with Crippen molar-refractivity contribution in [1.29, 1.82) is 0 Å². The lowest BCUT2D eigenvalue weighted by atomic mass is 10.0. The molecule has 0 atom stereocenters. The molecule has 0 amide bonds. The second kappa shape index (κ2) is 5.98. The molecule has 4 nitrogen and oxygen atoms in total. The molecule has 1 aromatic carbocycles. The van der Waals surface area contributed by atoms with E-state index in [2.05, 4.69) is 10.2 Å². The van der Waals surface area contributed by atoms with Crippen LogP contribution in [0.4, 0.5) is 0 Å². The van der Waals surface area contributed by atoms with E-state index in [1.807, 2.05) is 50.3 Å². The number of allylic oxidation sites excluding steroid dienone is 1. The number of rotatable bonds is 3. The van der Waals surface area contributed by atoms with Gasteiger partial charge in [-0.3, -0.25) is 4.57 Å². The first-order valence-corrected chi connectivity index (χ1v) is 8.13. The van der Waals surface area contributed by atoms with Crippen LogP contribution in [-0.2, 0) is 0 Å². The predicted molar refractivity (Wildman–Crippen MR) is 94.6 cm³/mol. The Balaban J connectivity index is 2.03. The Morgan fingerprint density at radius 3 is 2.64 bits per heavy atom. The average molecular weight is 329 g/mol. The zero-order valence-electron chi connectivity index (χ0n) is 12.2. The van der Waals surface area contributed by atoms with Crippen molar-refractivity contribution in [2.24, 2.45) is 10.2 Å². The van der Waals surface area contributed by atoms with E-state index >= 15 is 0 Å². The molecule has 0 bridgehead atoms. The third-order valence-corrected chi connectivity index (χ3v) is 4.66. The van der Waals surface area contributed by atoms with Gasteiger partial charge in [0, 0.05) is 17.2 Å². The maximum Gasteiger partial charge on any atom is 0.210 e. The molecule has 0 saturated carbocycles. The number of aromatic nitrogens is 1. The van der Waals surface area contributed by atoms with Gasteiger partial charge >= 0.3 is 0 Å². The molecule has 2 heterocycles. The Morgan fingerprint density at radius 1 is 1.27 bits per heavy atom. The predicted octanol–water partition coefficient (Wildman–Crippen LogP) is 4.44. The number of thiazole rings is 1. The molecule has 0 saturated heterocycles. The van der Waals surface area contributed by atoms with Gasteiger partial charge in [0.1, 0.15) is 5.71 Å². The molecule has 1 aliphatic rings. The van der Waals surface area contributed by atoms with Gasteiger partial charge in [-0.1, -0.05) is 30.3 Å². The fourth-order valence-corrected chi connectivity index (χ4v) is 3.80. The minimum Gasteiger partial charge on any atom is -0.493 e. The van der Waals surface area contributed by atoms with E-state index in [1.165, 1.54) is 11.3 Å². The molecule has 0 unspecified atom stereocenters. The lowest BCUT2D eigenvalue weighted by Gasteiger charge is -2.07. The quantitative estimate of drug-likeness (QED) is 0.847. The highest BCUT2D eigenvalue weighted by atomic mass is 32.1. The molecule has 0 fully saturated rings. The lowest BCUT2D eigenvalue weighted by molar-refractivity contribution is 0.397. The Hall–Kier alpha value is -2.05. The van der Waals surface area contributed by atoms with Crippen molar-refractivity contribution in [1.82, 2.24) is 4.57 Å². The summed E-state index contributed by atoms with van der Waals surface area (Å²) in [6.07, 6.45) is 3.58. The van der Waals surface area contributed by atoms with Crippen LogP contribution >= 0.6 is 23.6 Å². The number of hydrogen-bond donors (Lipinski definition) is 1. The Kier molecular flexibility index (Phi) is 4.04. The first kappa shape index (κ1) is 14.9. The summed E-state index contributed by atoms with van der Waals surface area (Å²) in [6.45, 7) is 3.99. The van der Waals surface area contributed by atoms with E-state index in [1.54, 1.807) is 10.8 Å². The van der Waals surface area contributed by atoms with Gasteiger partial charge in [-0.2, -0.15) is 5.10 Å². The summed E-state index contributed by atoms with van der Waals surface area (Å²) < 4.78 is 2.41. The van der Waals surface area contributed by atoms with Crippen molar-refractivity contribution < 1.29 is 5.11 Å². The van der Waals surface area contributed by atoms with Gasteiger partial charge in [0.05, 0.1) is 11.1 Å². The second-order valence-electron chi connectivity index (χ2n) is 5.18. The summed E-state index contributed by atoms with van der Waals surface area (Å²) in [7, 11) is 0. The third kappa shape index (κ3) is 2.67. The van der Waals surface area contributed by atoms with Crippen LogP contribution in [0.15, 0.2) is 46.1 Å². The highest BCUT2D eigenvalue weighted by Crippen LogP contribution is 2.32. The minimum absolute atomic E-state index is 0.121. The van der Waals surface area contributed by atoms with Crippen LogP contribution in [0.2, 0.25) is 0 Å². The molecule has 0 aliphatic carbocycles. The fraction of sp³-hybridized carbons (Fsp3) is 0.188. The molecule has 1 N–H and O–H groups in total. The molecule has 22 heavy (non-hydrogen) atoms. The first-order valence-electron chi connectivity index (χ1n) is 6.90. The zero-order valence-corrected chi connectivity index (χ0v) is 13.9. The van der Waals surface area contributed by atoms with Crippen LogP contribution < -0.4 is 0 Å². The van der Waals surface area contributed by atoms with Crippen molar-refractivity contribution >= 4 is 41.6 Å². The summed E-state index contributed by atoms with van der Waals surface area (Å²) in [5.41, 5.74) is 2.67. The summed E-state index contributed by atoms with van der Waals surface area (Å²) in [6, 6.07) is 9.99. The van der Waals surface area contributed by atoms with Gasteiger partial charge in [0.25, 0.3) is 0 Å². The topological polar surface area (TPSA) is 49.9 Å². The van der Waals surface area contributed by atoms with Gasteiger partial charge in [-0.05, 0) is 32.1 Å². The van der Waals surface area contributed by atoms with Crippen LogP contribution in [0, 0.1) is 3.95 Å². The van der Waals surface area contributed by atoms with E-state index < -0.39 is 0 Å². The van der Waals surface area contributed by atoms with Crippen molar-refractivity contribution in [3.05, 3.63) is 50.3 Å². The second-order valence-corrected chi connectivity index (χ2v) is 6.85. The smallest absolute Gasteiger partial charge is 0.210 e. The molecular formula is C16H15N3OS2. The molecular weight excluding hydrogens is 314 g/mol. The highest BCUT2D eigenvalue weighted by Gasteiger charge is 2.17. The molecule has 0 spiro atoms. The average Bonchev–Trinajstić information content (AvgIpc) is 3.05. The Bertz CT molecular complexity index is 842. The Labute approximate surface area is 137 Å². The molecule has 3 rings (SSSR count). The van der Waals surface area contributed by atoms with E-state index in [0.717, 1.165) is 21.7 Å². The van der Waals surface area contributed by atoms with E-state index in [-0.39, 0.29) is 11.9 Å². The van der Waals surface area contributed by atoms with Crippen molar-refractivity contribution in [2.75, 3.05) is 0 Å². The van der Waals surface area contributed by atoms with E-state index in [4.69, 9.17) is 12.2 Å². The van der Waals surface area contributed by atoms with Gasteiger partial charge in [0.2, 0.25) is 5.88 Å². The van der Waals surface area contributed by atoms with Crippen LogP contribution in [0.3, 0.4) is 0 Å². The van der Waals surface area contributed by atoms with Crippen LogP contribution in [-0.4, -0.2) is 21.6 Å². The van der Waals surface area contributed by atoms with Gasteiger partial charge < -0.3 is 5.11 Å². The molecule has 2 aromatic rings. The molecule has 1 aromatic heterocycles. The largest absolute Gasteiger partial charge is 0.493 e. The summed E-state index contributed by atoms with van der Waals surface area (Å²) in [5.74, 6) is 0.199. The van der Waals surface area contributed by atoms with Crippen molar-refractivity contribution in [3.8, 4) is 5.88 Å². The summed E-state index contributed by atoms with van der Waals surface area (Å²) >= 11 is 6.72. The SMILES string of the molecule is CC(C)n1c(O)c(C=C2C=NN=C2c2ccccc2)sc1=S. The number of hydrogen-bond acceptors (Lipinski definition) is 5. The maximum atomic E-state index is 10.4. The number of benzene rings is 1. The Morgan fingerprint density at radius 2 is 2.00 bits per heavy atom. The van der Waals surface area contributed by atoms with Crippen LogP contribution in [0.25, 0.3) is 6.08 Å². The van der Waals surface area contributed by atoms with E-state index in [9.17, 15) is 5.11 Å². The zero-order chi connectivity index (χ0) is 15.7. The summed E-state index contributed by atoms with van der Waals surface area (Å²) in [5, 5.41) is 18.6. The molecule has 1 aliphatic heterocycles. The first-order chi connectivity index (χ1) is 10.6. The van der Waals surface area contributed by atoms with Crippen molar-refractivity contribution in [2.45, 2.75) is 19.9 Å². The third-order valence-electron chi connectivity index (χ3n) is 3.32. The van der Waals surface area contributed by atoms with Crippen LogP contribution in [0.1, 0.15) is 30.3 Å². The number of nitrogens with zero attached hydrogens (tertiary/aromatic N) is 3. The molecule has 6 heteroatoms. The number of aromatic hydroxyl groups is 1. The fourth-order valence-electron chi connectivity index (χ4n) is 2.28. The van der Waals surface area contributed by atoms with Crippen molar-refractivity contribution in [3.63, 3.8) is 0 Å². The normalized spacial score (nSPS) is 15.8. The van der Waals surface area contributed by atoms with Gasteiger partial charge in [0.15, 0.2) is 3.95 Å². The summed E-state index contributed by atoms with van der Waals surface area (Å²) in [4.78, 5) is 0.727. The minimum atomic E-state index is 0.121. The van der Waals surface area contributed by atoms with Gasteiger partial charge in [-0.25, -0.2) is 0 Å². The molecule has 112 valence electrons. The highest BCUT2D eigenvalue weighted by molar-refractivity contribution is 7.73. The monoisotopic (exact) mass is 329 g/mol. The van der Waals surface area contributed by atoms with E-state index in [0.29, 0.717) is 3.95 Å².